The Morgan fingerprint density at radius 1 is 1.28 bits per heavy atom. The number of hydrogen-bond donors (Lipinski definition) is 1. The van der Waals surface area contributed by atoms with Crippen molar-refractivity contribution in [1.82, 2.24) is 9.97 Å². The summed E-state index contributed by atoms with van der Waals surface area (Å²) in [5, 5.41) is 8.88. The highest BCUT2D eigenvalue weighted by molar-refractivity contribution is 9.10. The van der Waals surface area contributed by atoms with Crippen molar-refractivity contribution in [1.29, 1.82) is 0 Å². The molecule has 0 amide bonds. The molecule has 0 radical (unpaired) electrons. The highest BCUT2D eigenvalue weighted by Crippen LogP contribution is 2.31. The Hall–Kier alpha value is -1.66. The number of rotatable bonds is 4. The van der Waals surface area contributed by atoms with Gasteiger partial charge in [-0.05, 0) is 34.1 Å². The molecule has 6 heteroatoms. The first-order valence-electron chi connectivity index (χ1n) is 5.16. The van der Waals surface area contributed by atoms with Gasteiger partial charge in [0.15, 0.2) is 0 Å². The Morgan fingerprint density at radius 3 is 2.56 bits per heavy atom. The maximum atomic E-state index is 8.88. The lowest BCUT2D eigenvalue weighted by molar-refractivity contribution is 0.280. The topological polar surface area (TPSA) is 64.5 Å². The van der Waals surface area contributed by atoms with E-state index in [4.69, 9.17) is 14.6 Å². The number of methoxy groups -OCH3 is 1. The highest BCUT2D eigenvalue weighted by atomic mass is 79.9. The van der Waals surface area contributed by atoms with E-state index in [0.29, 0.717) is 11.3 Å². The van der Waals surface area contributed by atoms with Gasteiger partial charge in [0.2, 0.25) is 0 Å². The molecule has 0 aliphatic rings. The molecule has 2 aromatic rings. The van der Waals surface area contributed by atoms with Crippen LogP contribution in [0.15, 0.2) is 35.1 Å². The van der Waals surface area contributed by atoms with Crippen molar-refractivity contribution >= 4 is 15.9 Å². The highest BCUT2D eigenvalue weighted by Gasteiger charge is 2.06. The zero-order chi connectivity index (χ0) is 13.0. The van der Waals surface area contributed by atoms with Gasteiger partial charge >= 0.3 is 6.01 Å². The lowest BCUT2D eigenvalue weighted by atomic mass is 10.3. The average molecular weight is 311 g/mol. The predicted octanol–water partition coefficient (Wildman–Crippen LogP) is 2.53. The second kappa shape index (κ2) is 5.79. The Balaban J connectivity index is 2.17. The van der Waals surface area contributed by atoms with E-state index in [1.807, 2.05) is 0 Å². The van der Waals surface area contributed by atoms with Crippen LogP contribution < -0.4 is 9.47 Å². The Bertz CT molecular complexity index is 531. The van der Waals surface area contributed by atoms with Crippen molar-refractivity contribution < 1.29 is 14.6 Å². The molecule has 0 unspecified atom stereocenters. The zero-order valence-corrected chi connectivity index (χ0v) is 11.2. The average Bonchev–Trinajstić information content (AvgIpc) is 2.42. The van der Waals surface area contributed by atoms with Crippen LogP contribution in [0.5, 0.6) is 17.5 Å². The molecule has 0 aliphatic heterocycles. The summed E-state index contributed by atoms with van der Waals surface area (Å²) >= 11 is 3.37. The third-order valence-electron chi connectivity index (χ3n) is 2.20. The van der Waals surface area contributed by atoms with Gasteiger partial charge in [-0.15, -0.1) is 0 Å². The van der Waals surface area contributed by atoms with Crippen LogP contribution in [0.1, 0.15) is 5.56 Å². The first kappa shape index (κ1) is 12.8. The number of halogens is 1. The van der Waals surface area contributed by atoms with Gasteiger partial charge in [-0.3, -0.25) is 0 Å². The summed E-state index contributed by atoms with van der Waals surface area (Å²) < 4.78 is 11.3. The molecule has 1 heterocycles. The van der Waals surface area contributed by atoms with Crippen LogP contribution in [0.2, 0.25) is 0 Å². The zero-order valence-electron chi connectivity index (χ0n) is 9.63. The van der Waals surface area contributed by atoms with E-state index in [2.05, 4.69) is 25.9 Å². The summed E-state index contributed by atoms with van der Waals surface area (Å²) in [6.07, 6.45) is 3.03. The van der Waals surface area contributed by atoms with Crippen LogP contribution >= 0.6 is 15.9 Å². The van der Waals surface area contributed by atoms with Crippen LogP contribution in [0.4, 0.5) is 0 Å². The number of aliphatic hydroxyl groups excluding tert-OH is 1. The van der Waals surface area contributed by atoms with Gasteiger partial charge in [0.05, 0.1) is 18.2 Å². The van der Waals surface area contributed by atoms with Crippen LogP contribution in [0.3, 0.4) is 0 Å². The van der Waals surface area contributed by atoms with E-state index in [0.717, 1.165) is 10.2 Å². The van der Waals surface area contributed by atoms with Crippen molar-refractivity contribution in [3.8, 4) is 17.5 Å². The molecule has 0 saturated heterocycles. The monoisotopic (exact) mass is 310 g/mol. The molecule has 0 aliphatic carbocycles. The van der Waals surface area contributed by atoms with Crippen LogP contribution in [-0.2, 0) is 6.61 Å². The minimum Gasteiger partial charge on any atom is -0.497 e. The molecule has 18 heavy (non-hydrogen) atoms. The number of hydrogen-bond acceptors (Lipinski definition) is 5. The quantitative estimate of drug-likeness (QED) is 0.940. The van der Waals surface area contributed by atoms with E-state index in [9.17, 15) is 0 Å². The first-order valence-corrected chi connectivity index (χ1v) is 5.95. The molecule has 1 N–H and O–H groups in total. The lowest BCUT2D eigenvalue weighted by Gasteiger charge is -2.07. The van der Waals surface area contributed by atoms with Gasteiger partial charge in [-0.1, -0.05) is 0 Å². The third kappa shape index (κ3) is 2.96. The van der Waals surface area contributed by atoms with E-state index in [1.54, 1.807) is 25.3 Å². The Morgan fingerprint density at radius 2 is 2.00 bits per heavy atom. The van der Waals surface area contributed by atoms with Crippen LogP contribution in [0.25, 0.3) is 0 Å². The third-order valence-corrected chi connectivity index (χ3v) is 2.82. The molecule has 0 spiro atoms. The number of nitrogens with zero attached hydrogens (tertiary/aromatic N) is 2. The minimum absolute atomic E-state index is 0.0908. The number of benzene rings is 1. The smallest absolute Gasteiger partial charge is 0.321 e. The van der Waals surface area contributed by atoms with Gasteiger partial charge in [0.25, 0.3) is 0 Å². The molecule has 2 rings (SSSR count). The normalized spacial score (nSPS) is 10.2. The summed E-state index contributed by atoms with van der Waals surface area (Å²) in [6.45, 7) is -0.0908. The predicted molar refractivity (Wildman–Crippen MR) is 68.7 cm³/mol. The fraction of sp³-hybridized carbons (Fsp3) is 0.167. The molecule has 0 bridgehead atoms. The molecular formula is C12H11BrN2O3. The maximum Gasteiger partial charge on any atom is 0.321 e. The van der Waals surface area contributed by atoms with Crippen LogP contribution in [0, 0.1) is 0 Å². The molecule has 5 nitrogen and oxygen atoms in total. The van der Waals surface area contributed by atoms with Crippen molar-refractivity contribution in [2.24, 2.45) is 0 Å². The fourth-order valence-corrected chi connectivity index (χ4v) is 1.71. The second-order valence-corrected chi connectivity index (χ2v) is 4.28. The van der Waals surface area contributed by atoms with Crippen molar-refractivity contribution in [3.05, 3.63) is 40.6 Å². The van der Waals surface area contributed by atoms with Gasteiger partial charge < -0.3 is 14.6 Å². The van der Waals surface area contributed by atoms with Crippen molar-refractivity contribution in [2.45, 2.75) is 6.61 Å². The Labute approximate surface area is 113 Å². The summed E-state index contributed by atoms with van der Waals surface area (Å²) in [6, 6.07) is 5.55. The van der Waals surface area contributed by atoms with E-state index < -0.39 is 0 Å². The summed E-state index contributed by atoms with van der Waals surface area (Å²) in [5.41, 5.74) is 0.635. The van der Waals surface area contributed by atoms with Crippen LogP contribution in [-0.4, -0.2) is 22.2 Å². The number of ether oxygens (including phenoxy) is 2. The second-order valence-electron chi connectivity index (χ2n) is 3.43. The van der Waals surface area contributed by atoms with Gasteiger partial charge in [-0.25, -0.2) is 9.97 Å². The van der Waals surface area contributed by atoms with E-state index >= 15 is 0 Å². The lowest BCUT2D eigenvalue weighted by Crippen LogP contribution is -1.94. The molecule has 94 valence electrons. The standard InChI is InChI=1S/C12H11BrN2O3/c1-17-9-2-3-11(10(13)4-9)18-12-14-5-8(7-16)6-15-12/h2-6,16H,7H2,1H3. The largest absolute Gasteiger partial charge is 0.497 e. The van der Waals surface area contributed by atoms with Gasteiger partial charge in [0, 0.05) is 18.0 Å². The molecule has 0 atom stereocenters. The molecule has 1 aromatic heterocycles. The molecule has 0 saturated carbocycles. The first-order chi connectivity index (χ1) is 8.72. The van der Waals surface area contributed by atoms with E-state index in [-0.39, 0.29) is 12.6 Å². The SMILES string of the molecule is COc1ccc(Oc2ncc(CO)cn2)c(Br)c1. The number of aromatic nitrogens is 2. The summed E-state index contributed by atoms with van der Waals surface area (Å²) in [5.74, 6) is 1.32. The Kier molecular flexibility index (Phi) is 4.11. The minimum atomic E-state index is -0.0908. The number of aliphatic hydroxyl groups is 1. The van der Waals surface area contributed by atoms with Crippen molar-refractivity contribution in [3.63, 3.8) is 0 Å². The molecule has 0 fully saturated rings. The van der Waals surface area contributed by atoms with Gasteiger partial charge in [-0.2, -0.15) is 0 Å². The fourth-order valence-electron chi connectivity index (χ4n) is 1.27. The molecule has 1 aromatic carbocycles. The maximum absolute atomic E-state index is 8.88. The molecular weight excluding hydrogens is 300 g/mol. The van der Waals surface area contributed by atoms with Crippen molar-refractivity contribution in [2.75, 3.05) is 7.11 Å². The van der Waals surface area contributed by atoms with E-state index in [1.165, 1.54) is 12.4 Å². The summed E-state index contributed by atoms with van der Waals surface area (Å²) in [7, 11) is 1.60. The summed E-state index contributed by atoms with van der Waals surface area (Å²) in [4.78, 5) is 7.97. The van der Waals surface area contributed by atoms with Gasteiger partial charge in [0.1, 0.15) is 11.5 Å².